The first-order valence-corrected chi connectivity index (χ1v) is 10.7. The van der Waals surface area contributed by atoms with Crippen molar-refractivity contribution in [1.82, 2.24) is 20.8 Å². The van der Waals surface area contributed by atoms with Gasteiger partial charge in [0.25, 0.3) is 11.1 Å². The number of nitrogens with one attached hydrogen (secondary N) is 2. The monoisotopic (exact) mass is 408 g/mol. The summed E-state index contributed by atoms with van der Waals surface area (Å²) >= 11 is 2.82. The molecule has 3 amide bonds. The van der Waals surface area contributed by atoms with Crippen molar-refractivity contribution in [3.63, 3.8) is 0 Å². The number of aryl methyl sites for hydroxylation is 1. The van der Waals surface area contributed by atoms with Gasteiger partial charge in [0.05, 0.1) is 10.6 Å². The maximum atomic E-state index is 11.9. The van der Waals surface area contributed by atoms with Crippen molar-refractivity contribution in [2.75, 3.05) is 5.75 Å². The number of carbonyl (C=O) groups is 2. The molecule has 2 N–H and O–H groups in total. The normalized spacial score (nSPS) is 16.7. The van der Waals surface area contributed by atoms with Gasteiger partial charge in [-0.2, -0.15) is 0 Å². The van der Waals surface area contributed by atoms with Gasteiger partial charge >= 0.3 is 6.03 Å². The molecule has 0 aliphatic heterocycles. The van der Waals surface area contributed by atoms with Crippen LogP contribution in [0.2, 0.25) is 0 Å². The van der Waals surface area contributed by atoms with Gasteiger partial charge in [0.2, 0.25) is 5.91 Å². The highest BCUT2D eigenvalue weighted by molar-refractivity contribution is 7.99. The van der Waals surface area contributed by atoms with Crippen molar-refractivity contribution in [3.05, 3.63) is 16.5 Å². The summed E-state index contributed by atoms with van der Waals surface area (Å²) in [5, 5.41) is 13.4. The van der Waals surface area contributed by atoms with Crippen LogP contribution in [-0.4, -0.2) is 33.4 Å². The van der Waals surface area contributed by atoms with E-state index >= 15 is 0 Å². The predicted molar refractivity (Wildman–Crippen MR) is 106 cm³/mol. The number of hydrogen-bond donors (Lipinski definition) is 2. The molecule has 0 radical (unpaired) electrons. The van der Waals surface area contributed by atoms with Crippen LogP contribution in [0.15, 0.2) is 15.7 Å². The van der Waals surface area contributed by atoms with Crippen LogP contribution in [0.25, 0.3) is 10.8 Å². The van der Waals surface area contributed by atoms with Crippen LogP contribution in [-0.2, 0) is 17.6 Å². The van der Waals surface area contributed by atoms with Crippen molar-refractivity contribution in [1.29, 1.82) is 0 Å². The predicted octanol–water partition coefficient (Wildman–Crippen LogP) is 3.64. The molecule has 1 atom stereocenters. The third-order valence-corrected chi connectivity index (χ3v) is 6.06. The smallest absolute Gasteiger partial charge is 0.321 e. The first-order chi connectivity index (χ1) is 12.7. The Morgan fingerprint density at radius 2 is 2.15 bits per heavy atom. The Morgan fingerprint density at radius 3 is 2.89 bits per heavy atom. The molecule has 0 saturated heterocycles. The number of aromatic nitrogens is 2. The van der Waals surface area contributed by atoms with E-state index in [4.69, 9.17) is 4.42 Å². The molecule has 0 unspecified atom stereocenters. The largest absolute Gasteiger partial charge is 0.410 e. The Balaban J connectivity index is 1.54. The first kappa shape index (κ1) is 19.9. The zero-order valence-corrected chi connectivity index (χ0v) is 17.6. The zero-order valence-electron chi connectivity index (χ0n) is 15.9. The number of rotatable bonds is 4. The molecular formula is C18H24N4O3S2. The lowest BCUT2D eigenvalue weighted by atomic mass is 9.90. The lowest BCUT2D eigenvalue weighted by Gasteiger charge is -2.20. The average Bonchev–Trinajstić information content (AvgIpc) is 3.16. The van der Waals surface area contributed by atoms with E-state index in [2.05, 4.69) is 33.8 Å². The zero-order chi connectivity index (χ0) is 19.6. The number of thioether (sulfide) groups is 1. The lowest BCUT2D eigenvalue weighted by molar-refractivity contribution is -0.117. The quantitative estimate of drug-likeness (QED) is 0.750. The summed E-state index contributed by atoms with van der Waals surface area (Å²) in [6.45, 7) is 7.80. The molecule has 0 fully saturated rings. The third-order valence-electron chi connectivity index (χ3n) is 4.01. The molecule has 27 heavy (non-hydrogen) atoms. The second-order valence-corrected chi connectivity index (χ2v) is 9.88. The standard InChI is InChI=1S/C18H24N4O3S2/c1-10-5-6-12-11(7-10)8-13(27-12)15-21-22-17(25-15)26-9-14(23)19-16(24)20-18(2,3)4/h8,10H,5-7,9H2,1-4H3,(H2,19,20,23,24)/t10-/m0/s1. The maximum Gasteiger partial charge on any atom is 0.321 e. The van der Waals surface area contributed by atoms with Gasteiger partial charge in [0.15, 0.2) is 0 Å². The molecule has 0 bridgehead atoms. The SMILES string of the molecule is C[C@H]1CCc2sc(-c3nnc(SCC(=O)NC(=O)NC(C)(C)C)o3)cc2C1. The Bertz CT molecular complexity index is 838. The highest BCUT2D eigenvalue weighted by Crippen LogP contribution is 2.37. The van der Waals surface area contributed by atoms with Crippen LogP contribution < -0.4 is 10.6 Å². The number of carbonyl (C=O) groups excluding carboxylic acids is 2. The van der Waals surface area contributed by atoms with Gasteiger partial charge in [-0.05, 0) is 57.6 Å². The summed E-state index contributed by atoms with van der Waals surface area (Å²) in [5.41, 5.74) is 0.974. The van der Waals surface area contributed by atoms with E-state index in [1.165, 1.54) is 16.9 Å². The Kier molecular flexibility index (Phi) is 5.90. The molecule has 7 nitrogen and oxygen atoms in total. The van der Waals surface area contributed by atoms with E-state index in [1.54, 1.807) is 11.3 Å². The van der Waals surface area contributed by atoms with Gasteiger partial charge < -0.3 is 9.73 Å². The van der Waals surface area contributed by atoms with Crippen molar-refractivity contribution in [2.45, 2.75) is 57.7 Å². The summed E-state index contributed by atoms with van der Waals surface area (Å²) in [7, 11) is 0. The van der Waals surface area contributed by atoms with E-state index in [0.29, 0.717) is 17.0 Å². The second kappa shape index (κ2) is 8.02. The van der Waals surface area contributed by atoms with Crippen molar-refractivity contribution in [2.24, 2.45) is 5.92 Å². The summed E-state index contributed by atoms with van der Waals surface area (Å²) < 4.78 is 5.68. The van der Waals surface area contributed by atoms with E-state index in [-0.39, 0.29) is 5.75 Å². The van der Waals surface area contributed by atoms with Crippen LogP contribution in [0.4, 0.5) is 4.79 Å². The summed E-state index contributed by atoms with van der Waals surface area (Å²) in [5.74, 6) is 0.803. The van der Waals surface area contributed by atoms with Gasteiger partial charge in [-0.3, -0.25) is 10.1 Å². The third kappa shape index (κ3) is 5.55. The van der Waals surface area contributed by atoms with Gasteiger partial charge in [-0.1, -0.05) is 18.7 Å². The van der Waals surface area contributed by atoms with Crippen LogP contribution in [0.5, 0.6) is 0 Å². The lowest BCUT2D eigenvalue weighted by Crippen LogP contribution is -2.48. The van der Waals surface area contributed by atoms with Gasteiger partial charge in [0.1, 0.15) is 0 Å². The van der Waals surface area contributed by atoms with E-state index in [0.717, 1.165) is 29.5 Å². The molecule has 0 saturated carbocycles. The molecule has 1 aliphatic carbocycles. The molecule has 2 aromatic heterocycles. The average molecular weight is 409 g/mol. The van der Waals surface area contributed by atoms with Crippen LogP contribution >= 0.6 is 23.1 Å². The Morgan fingerprint density at radius 1 is 1.37 bits per heavy atom. The number of imide groups is 1. The number of urea groups is 1. The Labute approximate surface area is 166 Å². The fourth-order valence-electron chi connectivity index (χ4n) is 2.84. The maximum absolute atomic E-state index is 11.9. The molecule has 9 heteroatoms. The second-order valence-electron chi connectivity index (χ2n) is 7.82. The Hall–Kier alpha value is -1.87. The molecular weight excluding hydrogens is 384 g/mol. The van der Waals surface area contributed by atoms with E-state index in [9.17, 15) is 9.59 Å². The number of thiophene rings is 1. The van der Waals surface area contributed by atoms with E-state index in [1.807, 2.05) is 20.8 Å². The van der Waals surface area contributed by atoms with Crippen LogP contribution in [0, 0.1) is 5.92 Å². The molecule has 2 heterocycles. The van der Waals surface area contributed by atoms with E-state index < -0.39 is 17.5 Å². The molecule has 2 aromatic rings. The highest BCUT2D eigenvalue weighted by Gasteiger charge is 2.21. The number of amides is 3. The van der Waals surface area contributed by atoms with Gasteiger partial charge in [-0.15, -0.1) is 21.5 Å². The fourth-order valence-corrected chi connectivity index (χ4v) is 4.53. The molecule has 146 valence electrons. The number of fused-ring (bicyclic) bond motifs is 1. The summed E-state index contributed by atoms with van der Waals surface area (Å²) in [6.07, 6.45) is 3.42. The first-order valence-electron chi connectivity index (χ1n) is 8.90. The van der Waals surface area contributed by atoms with Gasteiger partial charge in [0, 0.05) is 10.4 Å². The molecule has 0 aromatic carbocycles. The van der Waals surface area contributed by atoms with Crippen LogP contribution in [0.1, 0.15) is 44.6 Å². The van der Waals surface area contributed by atoms with Crippen molar-refractivity contribution in [3.8, 4) is 10.8 Å². The minimum atomic E-state index is -0.516. The molecule has 0 spiro atoms. The van der Waals surface area contributed by atoms with Crippen LogP contribution in [0.3, 0.4) is 0 Å². The molecule has 3 rings (SSSR count). The van der Waals surface area contributed by atoms with Gasteiger partial charge in [-0.25, -0.2) is 4.79 Å². The summed E-state index contributed by atoms with van der Waals surface area (Å²) in [6, 6.07) is 1.62. The number of nitrogens with zero attached hydrogens (tertiary/aromatic N) is 2. The fraction of sp³-hybridized carbons (Fsp3) is 0.556. The summed E-state index contributed by atoms with van der Waals surface area (Å²) in [4.78, 5) is 25.9. The van der Waals surface area contributed by atoms with Crippen molar-refractivity contribution >= 4 is 35.0 Å². The topological polar surface area (TPSA) is 97.1 Å². The number of hydrogen-bond acceptors (Lipinski definition) is 7. The van der Waals surface area contributed by atoms with Crippen molar-refractivity contribution < 1.29 is 14.0 Å². The highest BCUT2D eigenvalue weighted by atomic mass is 32.2. The molecule has 1 aliphatic rings. The minimum Gasteiger partial charge on any atom is -0.410 e. The minimum absolute atomic E-state index is 0.0254.